The van der Waals surface area contributed by atoms with E-state index in [1.165, 1.54) is 0 Å². The molecule has 0 fully saturated rings. The second-order valence-corrected chi connectivity index (χ2v) is 3.19. The average molecular weight is 238 g/mol. The van der Waals surface area contributed by atoms with Gasteiger partial charge in [0.25, 0.3) is 5.91 Å². The van der Waals surface area contributed by atoms with Gasteiger partial charge in [0, 0.05) is 32.9 Å². The molecule has 0 atom stereocenters. The molecule has 0 radical (unpaired) electrons. The molecule has 0 bridgehead atoms. The lowest BCUT2D eigenvalue weighted by Gasteiger charge is -1.96. The Kier molecular flexibility index (Phi) is 7.25. The molecule has 17 heavy (non-hydrogen) atoms. The van der Waals surface area contributed by atoms with Crippen molar-refractivity contribution in [2.75, 3.05) is 14.1 Å². The monoisotopic (exact) mass is 238 g/mol. The number of nitrogens with one attached hydrogen (secondary N) is 2. The van der Waals surface area contributed by atoms with E-state index in [2.05, 4.69) is 20.6 Å². The molecule has 1 rings (SSSR count). The highest BCUT2D eigenvalue weighted by molar-refractivity contribution is 5.89. The Morgan fingerprint density at radius 2 is 1.71 bits per heavy atom. The summed E-state index contributed by atoms with van der Waals surface area (Å²) in [5.41, 5.74) is 0.942. The number of carbonyl (C=O) groups is 2. The van der Waals surface area contributed by atoms with Crippen molar-refractivity contribution in [1.29, 1.82) is 0 Å². The topological polar surface area (TPSA) is 84.0 Å². The lowest BCUT2D eigenvalue weighted by atomic mass is 10.4. The summed E-state index contributed by atoms with van der Waals surface area (Å²) in [6.45, 7) is 3.69. The molecular weight excluding hydrogens is 220 g/mol. The molecule has 0 aliphatic heterocycles. The van der Waals surface area contributed by atoms with Gasteiger partial charge in [0.05, 0.1) is 0 Å². The van der Waals surface area contributed by atoms with Crippen molar-refractivity contribution in [2.24, 2.45) is 0 Å². The molecule has 6 heteroatoms. The van der Waals surface area contributed by atoms with Crippen LogP contribution in [0.1, 0.15) is 29.5 Å². The standard InChI is InChI=1S/C7H9N3O.C4H9NO/c1-5-3-9-6(10-4-5)7(11)8-2;1-3-4(6)5-2/h3-4H,1-2H3,(H,8,11);3H2,1-2H3,(H,5,6). The first kappa shape index (κ1) is 15.0. The Morgan fingerprint density at radius 1 is 1.18 bits per heavy atom. The van der Waals surface area contributed by atoms with E-state index in [0.29, 0.717) is 6.42 Å². The molecular formula is C11H18N4O2. The fraction of sp³-hybridized carbons (Fsp3) is 0.455. The van der Waals surface area contributed by atoms with Crippen LogP contribution in [0.5, 0.6) is 0 Å². The van der Waals surface area contributed by atoms with E-state index in [1.54, 1.807) is 26.5 Å². The third-order valence-corrected chi connectivity index (χ3v) is 1.81. The lowest BCUT2D eigenvalue weighted by molar-refractivity contribution is -0.120. The van der Waals surface area contributed by atoms with Gasteiger partial charge in [-0.05, 0) is 12.5 Å². The molecule has 0 unspecified atom stereocenters. The maximum atomic E-state index is 10.9. The number of hydrogen-bond donors (Lipinski definition) is 2. The number of aryl methyl sites for hydroxylation is 1. The van der Waals surface area contributed by atoms with Crippen molar-refractivity contribution < 1.29 is 9.59 Å². The first-order chi connectivity index (χ1) is 8.04. The molecule has 94 valence electrons. The van der Waals surface area contributed by atoms with Gasteiger partial charge in [0.2, 0.25) is 11.7 Å². The van der Waals surface area contributed by atoms with Crippen molar-refractivity contribution in [2.45, 2.75) is 20.3 Å². The van der Waals surface area contributed by atoms with Crippen LogP contribution in [0.3, 0.4) is 0 Å². The summed E-state index contributed by atoms with van der Waals surface area (Å²) in [7, 11) is 3.18. The molecule has 0 aromatic carbocycles. The van der Waals surface area contributed by atoms with Crippen LogP contribution in [0.2, 0.25) is 0 Å². The molecule has 2 amide bonds. The van der Waals surface area contributed by atoms with Crippen molar-refractivity contribution in [3.05, 3.63) is 23.8 Å². The first-order valence-corrected chi connectivity index (χ1v) is 5.26. The number of nitrogens with zero attached hydrogens (tertiary/aromatic N) is 2. The predicted octanol–water partition coefficient (Wildman–Crippen LogP) is 0.287. The number of carbonyl (C=O) groups excluding carboxylic acids is 2. The summed E-state index contributed by atoms with van der Waals surface area (Å²) in [4.78, 5) is 28.6. The second-order valence-electron chi connectivity index (χ2n) is 3.19. The summed E-state index contributed by atoms with van der Waals surface area (Å²) in [6.07, 6.45) is 3.80. The van der Waals surface area contributed by atoms with Crippen LogP contribution < -0.4 is 10.6 Å². The van der Waals surface area contributed by atoms with Gasteiger partial charge in [-0.25, -0.2) is 9.97 Å². The SMILES string of the molecule is CCC(=O)NC.CNC(=O)c1ncc(C)cn1. The van der Waals surface area contributed by atoms with E-state index in [-0.39, 0.29) is 17.6 Å². The van der Waals surface area contributed by atoms with Gasteiger partial charge in [0.15, 0.2) is 0 Å². The normalized spacial score (nSPS) is 8.71. The Balaban J connectivity index is 0.000000366. The molecule has 0 spiro atoms. The molecule has 1 aromatic rings. The molecule has 0 saturated heterocycles. The average Bonchev–Trinajstić information content (AvgIpc) is 2.38. The Hall–Kier alpha value is -1.98. The quantitative estimate of drug-likeness (QED) is 0.775. The smallest absolute Gasteiger partial charge is 0.288 e. The minimum atomic E-state index is -0.259. The van der Waals surface area contributed by atoms with E-state index >= 15 is 0 Å². The summed E-state index contributed by atoms with van der Waals surface area (Å²) in [5, 5.41) is 4.91. The van der Waals surface area contributed by atoms with Gasteiger partial charge >= 0.3 is 0 Å². The molecule has 2 N–H and O–H groups in total. The van der Waals surface area contributed by atoms with E-state index < -0.39 is 0 Å². The summed E-state index contributed by atoms with van der Waals surface area (Å²) >= 11 is 0. The second kappa shape index (κ2) is 8.20. The van der Waals surface area contributed by atoms with Crippen LogP contribution >= 0.6 is 0 Å². The van der Waals surface area contributed by atoms with Crippen LogP contribution in [0, 0.1) is 6.92 Å². The number of hydrogen-bond acceptors (Lipinski definition) is 4. The fourth-order valence-electron chi connectivity index (χ4n) is 0.798. The minimum absolute atomic E-state index is 0.0926. The molecule has 0 saturated carbocycles. The van der Waals surface area contributed by atoms with Gasteiger partial charge in [-0.1, -0.05) is 6.92 Å². The van der Waals surface area contributed by atoms with E-state index in [9.17, 15) is 9.59 Å². The number of rotatable bonds is 2. The van der Waals surface area contributed by atoms with Crippen LogP contribution in [-0.2, 0) is 4.79 Å². The molecule has 0 aliphatic carbocycles. The van der Waals surface area contributed by atoms with E-state index in [1.807, 2.05) is 13.8 Å². The fourth-order valence-corrected chi connectivity index (χ4v) is 0.798. The number of amides is 2. The van der Waals surface area contributed by atoms with E-state index in [0.717, 1.165) is 5.56 Å². The summed E-state index contributed by atoms with van der Waals surface area (Å²) in [5.74, 6) is 0.0399. The van der Waals surface area contributed by atoms with E-state index in [4.69, 9.17) is 0 Å². The van der Waals surface area contributed by atoms with Crippen LogP contribution in [0.4, 0.5) is 0 Å². The molecule has 0 aliphatic rings. The molecule has 1 aromatic heterocycles. The van der Waals surface area contributed by atoms with Crippen molar-refractivity contribution >= 4 is 11.8 Å². The zero-order valence-electron chi connectivity index (χ0n) is 10.6. The lowest BCUT2D eigenvalue weighted by Crippen LogP contribution is -2.20. The Morgan fingerprint density at radius 3 is 2.00 bits per heavy atom. The van der Waals surface area contributed by atoms with Crippen LogP contribution in [0.15, 0.2) is 12.4 Å². The third-order valence-electron chi connectivity index (χ3n) is 1.81. The maximum absolute atomic E-state index is 10.9. The van der Waals surface area contributed by atoms with Crippen LogP contribution in [0.25, 0.3) is 0 Å². The highest BCUT2D eigenvalue weighted by Crippen LogP contribution is 1.92. The summed E-state index contributed by atoms with van der Waals surface area (Å²) in [6, 6.07) is 0. The maximum Gasteiger partial charge on any atom is 0.288 e. The van der Waals surface area contributed by atoms with Crippen LogP contribution in [-0.4, -0.2) is 35.9 Å². The van der Waals surface area contributed by atoms with Crippen molar-refractivity contribution in [3.8, 4) is 0 Å². The minimum Gasteiger partial charge on any atom is -0.359 e. The van der Waals surface area contributed by atoms with Crippen molar-refractivity contribution in [1.82, 2.24) is 20.6 Å². The van der Waals surface area contributed by atoms with Gasteiger partial charge in [-0.2, -0.15) is 0 Å². The van der Waals surface area contributed by atoms with Crippen molar-refractivity contribution in [3.63, 3.8) is 0 Å². The Bertz CT molecular complexity index is 356. The third kappa shape index (κ3) is 6.24. The van der Waals surface area contributed by atoms with Gasteiger partial charge in [-0.15, -0.1) is 0 Å². The van der Waals surface area contributed by atoms with Gasteiger partial charge in [0.1, 0.15) is 0 Å². The summed E-state index contributed by atoms with van der Waals surface area (Å²) < 4.78 is 0. The first-order valence-electron chi connectivity index (χ1n) is 5.26. The zero-order valence-corrected chi connectivity index (χ0v) is 10.6. The Labute approximate surface area is 101 Å². The highest BCUT2D eigenvalue weighted by Gasteiger charge is 2.03. The molecule has 6 nitrogen and oxygen atoms in total. The number of aromatic nitrogens is 2. The van der Waals surface area contributed by atoms with Gasteiger partial charge < -0.3 is 10.6 Å². The predicted molar refractivity (Wildman–Crippen MR) is 64.5 cm³/mol. The zero-order chi connectivity index (χ0) is 13.3. The highest BCUT2D eigenvalue weighted by atomic mass is 16.2. The molecule has 1 heterocycles. The van der Waals surface area contributed by atoms with Gasteiger partial charge in [-0.3, -0.25) is 9.59 Å². The largest absolute Gasteiger partial charge is 0.359 e.